The summed E-state index contributed by atoms with van der Waals surface area (Å²) in [5.41, 5.74) is 0.463. The van der Waals surface area contributed by atoms with Gasteiger partial charge in [-0.25, -0.2) is 17.6 Å². The molecule has 0 saturated carbocycles. The monoisotopic (exact) mass is 508 g/mol. The van der Waals surface area contributed by atoms with Crippen LogP contribution in [0.5, 0.6) is 0 Å². The zero-order chi connectivity index (χ0) is 26.4. The number of aliphatic carboxylic acids is 1. The molecule has 0 bridgehead atoms. The van der Waals surface area contributed by atoms with Gasteiger partial charge in [0.05, 0.1) is 12.5 Å². The third kappa shape index (κ3) is 6.24. The molecule has 0 aromatic heterocycles. The molecule has 1 aliphatic heterocycles. The van der Waals surface area contributed by atoms with Crippen LogP contribution in [0.1, 0.15) is 62.6 Å². The van der Waals surface area contributed by atoms with Crippen LogP contribution in [-0.4, -0.2) is 53.0 Å². The Bertz CT molecular complexity index is 1070. The minimum absolute atomic E-state index is 0.0484. The molecule has 196 valence electrons. The van der Waals surface area contributed by atoms with E-state index in [-0.39, 0.29) is 30.1 Å². The maximum absolute atomic E-state index is 14.2. The van der Waals surface area contributed by atoms with Crippen LogP contribution in [-0.2, 0) is 9.59 Å². The molecule has 1 aliphatic rings. The molecule has 2 aromatic rings. The maximum Gasteiger partial charge on any atom is 0.309 e. The summed E-state index contributed by atoms with van der Waals surface area (Å²) in [5, 5.41) is 10.2. The minimum atomic E-state index is -1.23. The maximum atomic E-state index is 14.2. The number of unbranched alkanes of at least 4 members (excludes halogenated alkanes) is 2. The highest BCUT2D eigenvalue weighted by molar-refractivity contribution is 5.79. The van der Waals surface area contributed by atoms with Gasteiger partial charge in [-0.05, 0) is 48.2 Å². The number of benzene rings is 2. The quantitative estimate of drug-likeness (QED) is 0.407. The van der Waals surface area contributed by atoms with E-state index in [0.29, 0.717) is 13.1 Å². The molecule has 0 radical (unpaired) electrons. The fourth-order valence-corrected chi connectivity index (χ4v) is 4.90. The molecular weight excluding hydrogens is 476 g/mol. The van der Waals surface area contributed by atoms with Crippen LogP contribution in [0.15, 0.2) is 36.4 Å². The van der Waals surface area contributed by atoms with Crippen LogP contribution in [0.3, 0.4) is 0 Å². The normalized spacial score (nSPS) is 20.0. The molecule has 1 saturated heterocycles. The smallest absolute Gasteiger partial charge is 0.309 e. The predicted molar refractivity (Wildman–Crippen MR) is 127 cm³/mol. The molecule has 1 N–H and O–H groups in total. The standard InChI is InChI=1S/C27H32F4N2O3/c1-3-5-11-32(12-6-4-2)24(34)16-33-15-19(17-7-9-20(28)22(30)13-17)25(27(35)36)26(33)18-8-10-21(29)23(31)14-18/h7-10,13-14,19,25-26H,3-6,11-12,15-16H2,1-2H3,(H,35,36)/t19-,25+,26-/m1/s1. The largest absolute Gasteiger partial charge is 0.481 e. The van der Waals surface area contributed by atoms with Crippen molar-refractivity contribution >= 4 is 11.9 Å². The highest BCUT2D eigenvalue weighted by Gasteiger charge is 2.48. The molecule has 0 unspecified atom stereocenters. The van der Waals surface area contributed by atoms with Crippen molar-refractivity contribution in [2.45, 2.75) is 51.5 Å². The number of likely N-dealkylation sites (tertiary alicyclic amines) is 1. The van der Waals surface area contributed by atoms with Gasteiger partial charge in [0.25, 0.3) is 0 Å². The van der Waals surface area contributed by atoms with E-state index >= 15 is 0 Å². The first-order valence-corrected chi connectivity index (χ1v) is 12.3. The zero-order valence-corrected chi connectivity index (χ0v) is 20.5. The van der Waals surface area contributed by atoms with Crippen LogP contribution < -0.4 is 0 Å². The number of carbonyl (C=O) groups excluding carboxylic acids is 1. The number of rotatable bonds is 11. The van der Waals surface area contributed by atoms with Gasteiger partial charge in [-0.2, -0.15) is 0 Å². The van der Waals surface area contributed by atoms with Gasteiger partial charge in [-0.3, -0.25) is 14.5 Å². The Morgan fingerprint density at radius 2 is 1.42 bits per heavy atom. The van der Waals surface area contributed by atoms with Gasteiger partial charge >= 0.3 is 5.97 Å². The molecular formula is C27H32F4N2O3. The summed E-state index contributed by atoms with van der Waals surface area (Å²) < 4.78 is 55.5. The molecule has 9 heteroatoms. The molecule has 36 heavy (non-hydrogen) atoms. The molecule has 5 nitrogen and oxygen atoms in total. The average molecular weight is 509 g/mol. The van der Waals surface area contributed by atoms with Crippen molar-refractivity contribution < 1.29 is 32.3 Å². The molecule has 0 aliphatic carbocycles. The number of nitrogens with zero attached hydrogens (tertiary/aromatic N) is 2. The second-order valence-corrected chi connectivity index (χ2v) is 9.28. The third-order valence-corrected chi connectivity index (χ3v) is 6.79. The van der Waals surface area contributed by atoms with Gasteiger partial charge in [0, 0.05) is 31.6 Å². The van der Waals surface area contributed by atoms with Crippen molar-refractivity contribution in [3.63, 3.8) is 0 Å². The lowest BCUT2D eigenvalue weighted by Gasteiger charge is -2.30. The summed E-state index contributed by atoms with van der Waals surface area (Å²) in [4.78, 5) is 29.2. The summed E-state index contributed by atoms with van der Waals surface area (Å²) in [6, 6.07) is 5.40. The van der Waals surface area contributed by atoms with Crippen LogP contribution in [0.4, 0.5) is 17.6 Å². The summed E-state index contributed by atoms with van der Waals surface area (Å²) in [7, 11) is 0. The lowest BCUT2D eigenvalue weighted by atomic mass is 9.83. The van der Waals surface area contributed by atoms with E-state index in [4.69, 9.17) is 0 Å². The Balaban J connectivity index is 2.01. The summed E-state index contributed by atoms with van der Waals surface area (Å²) in [6.07, 6.45) is 3.43. The van der Waals surface area contributed by atoms with Crippen molar-refractivity contribution in [1.29, 1.82) is 0 Å². The van der Waals surface area contributed by atoms with Gasteiger partial charge in [-0.15, -0.1) is 0 Å². The van der Waals surface area contributed by atoms with E-state index in [1.165, 1.54) is 12.1 Å². The average Bonchev–Trinajstić information content (AvgIpc) is 3.22. The van der Waals surface area contributed by atoms with E-state index in [0.717, 1.165) is 49.9 Å². The van der Waals surface area contributed by atoms with Gasteiger partial charge in [0.1, 0.15) is 0 Å². The van der Waals surface area contributed by atoms with Crippen molar-refractivity contribution in [3.8, 4) is 0 Å². The Morgan fingerprint density at radius 3 is 1.92 bits per heavy atom. The zero-order valence-electron chi connectivity index (χ0n) is 20.5. The predicted octanol–water partition coefficient (Wildman–Crippen LogP) is 5.51. The van der Waals surface area contributed by atoms with Crippen molar-refractivity contribution in [1.82, 2.24) is 9.80 Å². The van der Waals surface area contributed by atoms with Crippen molar-refractivity contribution in [3.05, 3.63) is 70.8 Å². The number of amides is 1. The molecule has 1 fully saturated rings. The number of carboxylic acid groups (broad SMARTS) is 1. The lowest BCUT2D eigenvalue weighted by molar-refractivity contribution is -0.144. The van der Waals surface area contributed by atoms with Crippen LogP contribution in [0.25, 0.3) is 0 Å². The van der Waals surface area contributed by atoms with Crippen LogP contribution in [0, 0.1) is 29.2 Å². The summed E-state index contributed by atoms with van der Waals surface area (Å²) >= 11 is 0. The van der Waals surface area contributed by atoms with E-state index in [9.17, 15) is 32.3 Å². The Labute approximate surface area is 208 Å². The van der Waals surface area contributed by atoms with Crippen molar-refractivity contribution in [2.24, 2.45) is 5.92 Å². The fourth-order valence-electron chi connectivity index (χ4n) is 4.90. The number of carbonyl (C=O) groups is 2. The number of carboxylic acids is 1. The Morgan fingerprint density at radius 1 is 0.889 bits per heavy atom. The van der Waals surface area contributed by atoms with E-state index in [1.54, 1.807) is 9.80 Å². The number of hydrogen-bond acceptors (Lipinski definition) is 3. The van der Waals surface area contributed by atoms with Gasteiger partial charge < -0.3 is 10.0 Å². The highest BCUT2D eigenvalue weighted by Crippen LogP contribution is 2.46. The lowest BCUT2D eigenvalue weighted by Crippen LogP contribution is -2.42. The van der Waals surface area contributed by atoms with Gasteiger partial charge in [0.2, 0.25) is 5.91 Å². The second-order valence-electron chi connectivity index (χ2n) is 9.28. The number of halogens is 4. The first-order chi connectivity index (χ1) is 17.2. The first-order valence-electron chi connectivity index (χ1n) is 12.3. The van der Waals surface area contributed by atoms with Crippen molar-refractivity contribution in [2.75, 3.05) is 26.2 Å². The molecule has 3 rings (SSSR count). The molecule has 0 spiro atoms. The second kappa shape index (κ2) is 12.3. The topological polar surface area (TPSA) is 60.9 Å². The van der Waals surface area contributed by atoms with Gasteiger partial charge in [0.15, 0.2) is 23.3 Å². The summed E-state index contributed by atoms with van der Waals surface area (Å²) in [5.74, 6) is -7.81. The fraction of sp³-hybridized carbons (Fsp3) is 0.481. The van der Waals surface area contributed by atoms with E-state index < -0.39 is 47.1 Å². The van der Waals surface area contributed by atoms with E-state index in [1.807, 2.05) is 13.8 Å². The van der Waals surface area contributed by atoms with Crippen LogP contribution in [0.2, 0.25) is 0 Å². The molecule has 1 amide bonds. The molecule has 2 aromatic carbocycles. The number of hydrogen-bond donors (Lipinski definition) is 1. The molecule has 1 heterocycles. The van der Waals surface area contributed by atoms with Gasteiger partial charge in [-0.1, -0.05) is 38.8 Å². The SMILES string of the molecule is CCCCN(CCCC)C(=O)CN1C[C@H](c2ccc(F)c(F)c2)[C@H](C(=O)O)[C@H]1c1ccc(F)c(F)c1. The minimum Gasteiger partial charge on any atom is -0.481 e. The Hall–Kier alpha value is -2.94. The molecule has 3 atom stereocenters. The Kier molecular flexibility index (Phi) is 9.48. The van der Waals surface area contributed by atoms with E-state index in [2.05, 4.69) is 0 Å². The van der Waals surface area contributed by atoms with Crippen LogP contribution >= 0.6 is 0 Å². The highest BCUT2D eigenvalue weighted by atomic mass is 19.2. The summed E-state index contributed by atoms with van der Waals surface area (Å²) in [6.45, 7) is 5.08. The third-order valence-electron chi connectivity index (χ3n) is 6.79. The first kappa shape index (κ1) is 27.6.